The second-order valence-corrected chi connectivity index (χ2v) is 5.95. The topological polar surface area (TPSA) is 41.5 Å². The summed E-state index contributed by atoms with van der Waals surface area (Å²) in [7, 11) is 0. The first-order valence-electron chi connectivity index (χ1n) is 8.42. The lowest BCUT2D eigenvalue weighted by atomic mass is 10.0. The van der Waals surface area contributed by atoms with E-state index in [1.165, 1.54) is 12.0 Å². The van der Waals surface area contributed by atoms with E-state index >= 15 is 0 Å². The van der Waals surface area contributed by atoms with Crippen LogP contribution in [0.4, 0.5) is 0 Å². The summed E-state index contributed by atoms with van der Waals surface area (Å²) in [5.74, 6) is 0.871. The summed E-state index contributed by atoms with van der Waals surface area (Å²) in [4.78, 5) is 0. The molecule has 0 radical (unpaired) electrons. The fourth-order valence-corrected chi connectivity index (χ4v) is 3.09. The first-order valence-corrected chi connectivity index (χ1v) is 8.42. The minimum absolute atomic E-state index is 0.0471. The lowest BCUT2D eigenvalue weighted by Gasteiger charge is -2.22. The van der Waals surface area contributed by atoms with Gasteiger partial charge in [0.15, 0.2) is 0 Å². The molecule has 3 nitrogen and oxygen atoms in total. The van der Waals surface area contributed by atoms with E-state index in [-0.39, 0.29) is 12.2 Å². The zero-order valence-corrected chi connectivity index (χ0v) is 13.3. The molecule has 0 spiro atoms. The molecule has 118 valence electrons. The molecule has 0 bridgehead atoms. The fourth-order valence-electron chi connectivity index (χ4n) is 3.09. The molecule has 1 aliphatic carbocycles. The summed E-state index contributed by atoms with van der Waals surface area (Å²) in [6.45, 7) is 5.30. The predicted octanol–water partition coefficient (Wildman–Crippen LogP) is 3.82. The molecule has 0 amide bonds. The van der Waals surface area contributed by atoms with E-state index in [1.54, 1.807) is 0 Å². The van der Waals surface area contributed by atoms with Crippen LogP contribution in [0, 0.1) is 0 Å². The SMILES string of the molecule is CCNC(CC)c1ccc(OC2CCCCCC2O)cc1. The van der Waals surface area contributed by atoms with E-state index in [4.69, 9.17) is 4.74 Å². The highest BCUT2D eigenvalue weighted by Gasteiger charge is 2.23. The van der Waals surface area contributed by atoms with Gasteiger partial charge in [-0.2, -0.15) is 0 Å². The Morgan fingerprint density at radius 1 is 1.14 bits per heavy atom. The molecule has 0 saturated heterocycles. The number of rotatable bonds is 6. The van der Waals surface area contributed by atoms with Crippen LogP contribution in [0.2, 0.25) is 0 Å². The van der Waals surface area contributed by atoms with Gasteiger partial charge >= 0.3 is 0 Å². The van der Waals surface area contributed by atoms with E-state index in [1.807, 2.05) is 12.1 Å². The average Bonchev–Trinajstić information content (AvgIpc) is 2.71. The van der Waals surface area contributed by atoms with Crippen LogP contribution < -0.4 is 10.1 Å². The van der Waals surface area contributed by atoms with Gasteiger partial charge in [-0.1, -0.05) is 38.8 Å². The molecule has 2 N–H and O–H groups in total. The zero-order chi connectivity index (χ0) is 15.1. The number of nitrogens with one attached hydrogen (secondary N) is 1. The molecule has 1 saturated carbocycles. The maximum absolute atomic E-state index is 10.1. The third kappa shape index (κ3) is 4.72. The van der Waals surface area contributed by atoms with Gasteiger partial charge in [0.1, 0.15) is 11.9 Å². The van der Waals surface area contributed by atoms with Crippen LogP contribution in [0.1, 0.15) is 64.0 Å². The van der Waals surface area contributed by atoms with Crippen molar-refractivity contribution in [1.82, 2.24) is 5.32 Å². The van der Waals surface area contributed by atoms with E-state index in [2.05, 4.69) is 31.3 Å². The van der Waals surface area contributed by atoms with Crippen molar-refractivity contribution in [3.63, 3.8) is 0 Å². The van der Waals surface area contributed by atoms with E-state index in [0.717, 1.165) is 44.4 Å². The summed E-state index contributed by atoms with van der Waals surface area (Å²) >= 11 is 0. The molecule has 0 heterocycles. The summed E-state index contributed by atoms with van der Waals surface area (Å²) in [6, 6.07) is 8.75. The molecule has 3 heteroatoms. The average molecular weight is 291 g/mol. The first-order chi connectivity index (χ1) is 10.2. The molecule has 1 aromatic carbocycles. The van der Waals surface area contributed by atoms with Crippen molar-refractivity contribution in [2.24, 2.45) is 0 Å². The predicted molar refractivity (Wildman–Crippen MR) is 86.7 cm³/mol. The van der Waals surface area contributed by atoms with Crippen LogP contribution in [-0.4, -0.2) is 23.9 Å². The van der Waals surface area contributed by atoms with Crippen molar-refractivity contribution < 1.29 is 9.84 Å². The molecular formula is C18H29NO2. The zero-order valence-electron chi connectivity index (χ0n) is 13.3. The Balaban J connectivity index is 1.98. The largest absolute Gasteiger partial charge is 0.488 e. The van der Waals surface area contributed by atoms with Gasteiger partial charge in [0.05, 0.1) is 6.10 Å². The van der Waals surface area contributed by atoms with Gasteiger partial charge in [-0.15, -0.1) is 0 Å². The van der Waals surface area contributed by atoms with Gasteiger partial charge in [0, 0.05) is 6.04 Å². The molecule has 0 aromatic heterocycles. The smallest absolute Gasteiger partial charge is 0.124 e. The molecule has 21 heavy (non-hydrogen) atoms. The minimum Gasteiger partial charge on any atom is -0.488 e. The van der Waals surface area contributed by atoms with Crippen molar-refractivity contribution in [2.45, 2.75) is 70.6 Å². The third-order valence-corrected chi connectivity index (χ3v) is 4.35. The normalized spacial score (nSPS) is 24.3. The van der Waals surface area contributed by atoms with Crippen LogP contribution in [0.15, 0.2) is 24.3 Å². The molecule has 0 aliphatic heterocycles. The Morgan fingerprint density at radius 3 is 2.52 bits per heavy atom. The number of hydrogen-bond donors (Lipinski definition) is 2. The number of aliphatic hydroxyl groups is 1. The summed E-state index contributed by atoms with van der Waals surface area (Å²) in [5.41, 5.74) is 1.30. The highest BCUT2D eigenvalue weighted by Crippen LogP contribution is 2.25. The molecule has 3 unspecified atom stereocenters. The monoisotopic (exact) mass is 291 g/mol. The van der Waals surface area contributed by atoms with Gasteiger partial charge in [0.2, 0.25) is 0 Å². The molecular weight excluding hydrogens is 262 g/mol. The first kappa shape index (κ1) is 16.3. The number of ether oxygens (including phenoxy) is 1. The third-order valence-electron chi connectivity index (χ3n) is 4.35. The summed E-state index contributed by atoms with van der Waals surface area (Å²) in [5, 5.41) is 13.6. The Bertz CT molecular complexity index is 404. The molecule has 3 atom stereocenters. The van der Waals surface area contributed by atoms with E-state index in [9.17, 15) is 5.11 Å². The number of benzene rings is 1. The van der Waals surface area contributed by atoms with Gasteiger partial charge in [-0.25, -0.2) is 0 Å². The summed E-state index contributed by atoms with van der Waals surface area (Å²) in [6.07, 6.45) is 6.00. The number of hydrogen-bond acceptors (Lipinski definition) is 3. The lowest BCUT2D eigenvalue weighted by Crippen LogP contribution is -2.30. The van der Waals surface area contributed by atoms with Crippen molar-refractivity contribution >= 4 is 0 Å². The summed E-state index contributed by atoms with van der Waals surface area (Å²) < 4.78 is 6.01. The lowest BCUT2D eigenvalue weighted by molar-refractivity contribution is 0.0319. The second-order valence-electron chi connectivity index (χ2n) is 5.95. The Kier molecular flexibility index (Phi) is 6.52. The fraction of sp³-hybridized carbons (Fsp3) is 0.667. The molecule has 2 rings (SSSR count). The highest BCUT2D eigenvalue weighted by molar-refractivity contribution is 5.29. The molecule has 1 fully saturated rings. The van der Waals surface area contributed by atoms with Crippen molar-refractivity contribution in [2.75, 3.05) is 6.54 Å². The van der Waals surface area contributed by atoms with Gasteiger partial charge < -0.3 is 15.2 Å². The maximum atomic E-state index is 10.1. The standard InChI is InChI=1S/C18H29NO2/c1-3-16(19-4-2)14-10-12-15(13-11-14)21-18-9-7-5-6-8-17(18)20/h10-13,16-20H,3-9H2,1-2H3. The maximum Gasteiger partial charge on any atom is 0.124 e. The van der Waals surface area contributed by atoms with Crippen LogP contribution in [0.5, 0.6) is 5.75 Å². The molecule has 1 aromatic rings. The quantitative estimate of drug-likeness (QED) is 0.783. The second kappa shape index (κ2) is 8.40. The van der Waals surface area contributed by atoms with Crippen LogP contribution >= 0.6 is 0 Å². The van der Waals surface area contributed by atoms with Gasteiger partial charge in [-0.05, 0) is 49.9 Å². The van der Waals surface area contributed by atoms with Crippen LogP contribution in [0.25, 0.3) is 0 Å². The minimum atomic E-state index is -0.322. The molecule has 1 aliphatic rings. The van der Waals surface area contributed by atoms with E-state index < -0.39 is 0 Å². The van der Waals surface area contributed by atoms with E-state index in [0.29, 0.717) is 6.04 Å². The Morgan fingerprint density at radius 2 is 1.86 bits per heavy atom. The highest BCUT2D eigenvalue weighted by atomic mass is 16.5. The van der Waals surface area contributed by atoms with Gasteiger partial charge in [0.25, 0.3) is 0 Å². The Labute approximate surface area is 128 Å². The van der Waals surface area contributed by atoms with Gasteiger partial charge in [-0.3, -0.25) is 0 Å². The van der Waals surface area contributed by atoms with Crippen molar-refractivity contribution in [3.05, 3.63) is 29.8 Å². The van der Waals surface area contributed by atoms with Crippen LogP contribution in [-0.2, 0) is 0 Å². The Hall–Kier alpha value is -1.06. The van der Waals surface area contributed by atoms with Crippen molar-refractivity contribution in [1.29, 1.82) is 0 Å². The van der Waals surface area contributed by atoms with Crippen molar-refractivity contribution in [3.8, 4) is 5.75 Å². The van der Waals surface area contributed by atoms with Crippen LogP contribution in [0.3, 0.4) is 0 Å². The number of aliphatic hydroxyl groups excluding tert-OH is 1.